The Morgan fingerprint density at radius 3 is 2.61 bits per heavy atom. The van der Waals surface area contributed by atoms with Gasteiger partial charge in [-0.25, -0.2) is 5.43 Å². The lowest BCUT2D eigenvalue weighted by atomic mass is 10.2. The number of benzene rings is 2. The fourth-order valence-corrected chi connectivity index (χ4v) is 5.11. The molecule has 10 heteroatoms. The zero-order valence-electron chi connectivity index (χ0n) is 14.3. The fourth-order valence-electron chi connectivity index (χ4n) is 1.99. The predicted molar refractivity (Wildman–Crippen MR) is 119 cm³/mol. The van der Waals surface area contributed by atoms with Gasteiger partial charge in [0.1, 0.15) is 0 Å². The van der Waals surface area contributed by atoms with Crippen LogP contribution in [0, 0.1) is 0 Å². The monoisotopic (exact) mass is 468 g/mol. The molecule has 3 aromatic rings. The number of halogens is 2. The molecule has 1 N–H and O–H groups in total. The van der Waals surface area contributed by atoms with E-state index >= 15 is 0 Å². The first-order valence-electron chi connectivity index (χ1n) is 8.01. The average molecular weight is 469 g/mol. The number of carbonyl (C=O) groups excluding carboxylic acids is 1. The molecule has 0 atom stereocenters. The van der Waals surface area contributed by atoms with Gasteiger partial charge in [0.15, 0.2) is 8.68 Å². The van der Waals surface area contributed by atoms with Crippen molar-refractivity contribution >= 4 is 70.2 Å². The van der Waals surface area contributed by atoms with E-state index in [-0.39, 0.29) is 11.7 Å². The number of hydrogen-bond acceptors (Lipinski definition) is 7. The maximum absolute atomic E-state index is 11.9. The van der Waals surface area contributed by atoms with Crippen molar-refractivity contribution in [3.8, 4) is 0 Å². The van der Waals surface area contributed by atoms with Gasteiger partial charge in [-0.2, -0.15) is 5.10 Å². The maximum atomic E-state index is 11.9. The second-order valence-electron chi connectivity index (χ2n) is 5.33. The summed E-state index contributed by atoms with van der Waals surface area (Å²) in [5.74, 6) is 0.785. The van der Waals surface area contributed by atoms with Crippen LogP contribution in [0.2, 0.25) is 10.0 Å². The number of rotatable bonds is 8. The number of nitrogens with zero attached hydrogens (tertiary/aromatic N) is 3. The van der Waals surface area contributed by atoms with Gasteiger partial charge in [-0.05, 0) is 11.6 Å². The van der Waals surface area contributed by atoms with Gasteiger partial charge in [0.25, 0.3) is 5.91 Å². The fraction of sp³-hybridized carbons (Fsp3) is 0.111. The number of carbonyl (C=O) groups is 1. The van der Waals surface area contributed by atoms with Crippen LogP contribution in [0.1, 0.15) is 11.1 Å². The van der Waals surface area contributed by atoms with Crippen LogP contribution in [0.3, 0.4) is 0 Å². The van der Waals surface area contributed by atoms with Crippen molar-refractivity contribution in [3.05, 3.63) is 69.7 Å². The minimum Gasteiger partial charge on any atom is -0.272 e. The number of hydrogen-bond donors (Lipinski definition) is 1. The van der Waals surface area contributed by atoms with Crippen molar-refractivity contribution in [2.45, 2.75) is 14.4 Å². The Morgan fingerprint density at radius 1 is 1.07 bits per heavy atom. The average Bonchev–Trinajstić information content (AvgIpc) is 3.17. The molecule has 1 heterocycles. The third kappa shape index (κ3) is 6.49. The molecule has 2 aromatic carbocycles. The molecule has 0 radical (unpaired) electrons. The molecule has 0 aliphatic carbocycles. The second-order valence-corrected chi connectivity index (χ2v) is 9.54. The van der Waals surface area contributed by atoms with Gasteiger partial charge in [0.05, 0.1) is 22.0 Å². The smallest absolute Gasteiger partial charge is 0.250 e. The summed E-state index contributed by atoms with van der Waals surface area (Å²) in [6.07, 6.45) is 1.46. The maximum Gasteiger partial charge on any atom is 0.250 e. The van der Waals surface area contributed by atoms with Gasteiger partial charge in [0, 0.05) is 11.3 Å². The van der Waals surface area contributed by atoms with Crippen molar-refractivity contribution in [1.29, 1.82) is 0 Å². The van der Waals surface area contributed by atoms with Crippen molar-refractivity contribution in [1.82, 2.24) is 15.6 Å². The molecule has 1 amide bonds. The Hall–Kier alpha value is -1.58. The third-order valence-electron chi connectivity index (χ3n) is 3.29. The van der Waals surface area contributed by atoms with E-state index in [2.05, 4.69) is 32.9 Å². The van der Waals surface area contributed by atoms with Crippen molar-refractivity contribution in [2.24, 2.45) is 5.10 Å². The molecule has 0 unspecified atom stereocenters. The van der Waals surface area contributed by atoms with Crippen LogP contribution in [-0.4, -0.2) is 28.1 Å². The molecule has 0 bridgehead atoms. The van der Waals surface area contributed by atoms with E-state index in [0.29, 0.717) is 15.6 Å². The third-order valence-corrected chi connectivity index (χ3v) is 7.39. The molecule has 3 rings (SSSR count). The normalized spacial score (nSPS) is 11.1. The van der Waals surface area contributed by atoms with Crippen LogP contribution >= 0.6 is 58.1 Å². The van der Waals surface area contributed by atoms with Crippen LogP contribution < -0.4 is 5.43 Å². The zero-order valence-corrected chi connectivity index (χ0v) is 18.3. The Labute approximate surface area is 184 Å². The van der Waals surface area contributed by atoms with Crippen LogP contribution in [0.25, 0.3) is 0 Å². The molecule has 0 fully saturated rings. The van der Waals surface area contributed by atoms with Gasteiger partial charge < -0.3 is 0 Å². The van der Waals surface area contributed by atoms with Gasteiger partial charge >= 0.3 is 0 Å². The van der Waals surface area contributed by atoms with E-state index in [0.717, 1.165) is 14.4 Å². The molecule has 0 spiro atoms. The SMILES string of the molecule is O=C(CSc1nnc(SCc2ccccc2)s1)N/N=C/c1cccc(Cl)c1Cl. The molecular formula is C18H14Cl2N4OS3. The van der Waals surface area contributed by atoms with Gasteiger partial charge in [-0.15, -0.1) is 10.2 Å². The largest absolute Gasteiger partial charge is 0.272 e. The summed E-state index contributed by atoms with van der Waals surface area (Å²) in [5, 5.41) is 13.0. The molecule has 0 saturated carbocycles. The number of nitrogens with one attached hydrogen (secondary N) is 1. The van der Waals surface area contributed by atoms with E-state index in [1.54, 1.807) is 30.0 Å². The summed E-state index contributed by atoms with van der Waals surface area (Å²) < 4.78 is 1.62. The second kappa shape index (κ2) is 10.8. The summed E-state index contributed by atoms with van der Waals surface area (Å²) in [7, 11) is 0. The summed E-state index contributed by atoms with van der Waals surface area (Å²) in [4.78, 5) is 11.9. The Balaban J connectivity index is 1.43. The number of amides is 1. The van der Waals surface area contributed by atoms with Crippen LogP contribution in [0.4, 0.5) is 0 Å². The van der Waals surface area contributed by atoms with E-state index in [1.807, 2.05) is 18.2 Å². The number of hydrazone groups is 1. The molecule has 0 aliphatic heterocycles. The van der Waals surface area contributed by atoms with Gasteiger partial charge in [-0.1, -0.05) is 101 Å². The number of thioether (sulfide) groups is 2. The number of aromatic nitrogens is 2. The summed E-state index contributed by atoms with van der Waals surface area (Å²) in [6, 6.07) is 15.4. The Bertz CT molecular complexity index is 966. The summed E-state index contributed by atoms with van der Waals surface area (Å²) in [5.41, 5.74) is 4.32. The van der Waals surface area contributed by atoms with Crippen LogP contribution in [-0.2, 0) is 10.5 Å². The van der Waals surface area contributed by atoms with Crippen LogP contribution in [0.5, 0.6) is 0 Å². The van der Waals surface area contributed by atoms with Crippen molar-refractivity contribution in [2.75, 3.05) is 5.75 Å². The molecule has 0 aliphatic rings. The summed E-state index contributed by atoms with van der Waals surface area (Å²) >= 11 is 16.4. The molecule has 5 nitrogen and oxygen atoms in total. The lowest BCUT2D eigenvalue weighted by molar-refractivity contribution is -0.118. The zero-order chi connectivity index (χ0) is 19.8. The van der Waals surface area contributed by atoms with Crippen molar-refractivity contribution in [3.63, 3.8) is 0 Å². The Kier molecular flexibility index (Phi) is 8.17. The van der Waals surface area contributed by atoms with Gasteiger partial charge in [-0.3, -0.25) is 4.79 Å². The highest BCUT2D eigenvalue weighted by Crippen LogP contribution is 2.30. The Morgan fingerprint density at radius 2 is 1.82 bits per heavy atom. The highest BCUT2D eigenvalue weighted by atomic mass is 35.5. The minimum atomic E-state index is -0.243. The quantitative estimate of drug-likeness (QED) is 0.273. The molecule has 28 heavy (non-hydrogen) atoms. The summed E-state index contributed by atoms with van der Waals surface area (Å²) in [6.45, 7) is 0. The highest BCUT2D eigenvalue weighted by Gasteiger charge is 2.09. The van der Waals surface area contributed by atoms with Crippen molar-refractivity contribution < 1.29 is 4.79 Å². The standard InChI is InChI=1S/C18H14Cl2N4OS3/c19-14-8-4-7-13(16(14)20)9-21-22-15(25)11-27-18-24-23-17(28-18)26-10-12-5-2-1-3-6-12/h1-9H,10-11H2,(H,22,25)/b21-9+. The lowest BCUT2D eigenvalue weighted by Gasteiger charge is -2.00. The minimum absolute atomic E-state index is 0.193. The topological polar surface area (TPSA) is 67.2 Å². The van der Waals surface area contributed by atoms with E-state index in [4.69, 9.17) is 23.2 Å². The first-order valence-corrected chi connectivity index (χ1v) is 11.5. The lowest BCUT2D eigenvalue weighted by Crippen LogP contribution is -2.19. The van der Waals surface area contributed by atoms with E-state index in [9.17, 15) is 4.79 Å². The highest BCUT2D eigenvalue weighted by molar-refractivity contribution is 8.03. The molecule has 144 valence electrons. The van der Waals surface area contributed by atoms with Crippen LogP contribution in [0.15, 0.2) is 62.3 Å². The molecular weight excluding hydrogens is 455 g/mol. The van der Waals surface area contributed by atoms with Gasteiger partial charge in [0.2, 0.25) is 0 Å². The van der Waals surface area contributed by atoms with E-state index in [1.165, 1.54) is 34.9 Å². The molecule has 1 aromatic heterocycles. The first-order chi connectivity index (χ1) is 13.6. The predicted octanol–water partition coefficient (Wildman–Crippen LogP) is 5.38. The molecule has 0 saturated heterocycles. The van der Waals surface area contributed by atoms with E-state index < -0.39 is 0 Å². The first kappa shape index (κ1) is 21.1.